The Morgan fingerprint density at radius 2 is 1.89 bits per heavy atom. The summed E-state index contributed by atoms with van der Waals surface area (Å²) in [5.74, 6) is 1.55. The SMILES string of the molecule is O=C1C(=Cc2ccccc2)CCN1C1CC[C@@]2(O)[C@H]3Cc4ccc(O)c5c4[C@@]2(CCN3CC2CC2)C1O5. The molecule has 2 unspecified atom stereocenters. The Labute approximate surface area is 217 Å². The first-order valence-corrected chi connectivity index (χ1v) is 14.0. The average molecular weight is 499 g/mol. The van der Waals surface area contributed by atoms with Crippen molar-refractivity contribution in [3.63, 3.8) is 0 Å². The van der Waals surface area contributed by atoms with Crippen LogP contribution in [0.1, 0.15) is 55.2 Å². The van der Waals surface area contributed by atoms with Crippen LogP contribution >= 0.6 is 0 Å². The van der Waals surface area contributed by atoms with Crippen molar-refractivity contribution in [2.45, 2.75) is 74.1 Å². The molecule has 3 aliphatic heterocycles. The fourth-order valence-electron chi connectivity index (χ4n) is 8.61. The van der Waals surface area contributed by atoms with Gasteiger partial charge in [-0.2, -0.15) is 0 Å². The third-order valence-corrected chi connectivity index (χ3v) is 10.4. The maximum atomic E-state index is 13.7. The van der Waals surface area contributed by atoms with Crippen molar-refractivity contribution in [1.82, 2.24) is 9.80 Å². The number of benzene rings is 2. The van der Waals surface area contributed by atoms with Crippen molar-refractivity contribution >= 4 is 12.0 Å². The second-order valence-electron chi connectivity index (χ2n) is 12.2. The Bertz CT molecular complexity index is 1320. The Morgan fingerprint density at radius 1 is 1.05 bits per heavy atom. The zero-order valence-corrected chi connectivity index (χ0v) is 21.1. The molecule has 4 fully saturated rings. The van der Waals surface area contributed by atoms with Crippen molar-refractivity contribution in [3.8, 4) is 11.5 Å². The highest BCUT2D eigenvalue weighted by Crippen LogP contribution is 2.66. The monoisotopic (exact) mass is 498 g/mol. The van der Waals surface area contributed by atoms with Crippen LogP contribution in [0.3, 0.4) is 0 Å². The molecule has 37 heavy (non-hydrogen) atoms. The van der Waals surface area contributed by atoms with Gasteiger partial charge in [0, 0.05) is 30.3 Å². The Kier molecular flexibility index (Phi) is 4.56. The number of phenolic OH excluding ortho intramolecular Hbond substituents is 1. The minimum atomic E-state index is -0.918. The van der Waals surface area contributed by atoms with E-state index < -0.39 is 11.0 Å². The molecule has 6 nitrogen and oxygen atoms in total. The molecule has 2 bridgehead atoms. The predicted molar refractivity (Wildman–Crippen MR) is 139 cm³/mol. The summed E-state index contributed by atoms with van der Waals surface area (Å²) in [5, 5.41) is 23.5. The fraction of sp³-hybridized carbons (Fsp3) is 0.516. The minimum Gasteiger partial charge on any atom is -0.504 e. The molecular weight excluding hydrogens is 464 g/mol. The van der Waals surface area contributed by atoms with Gasteiger partial charge in [0.2, 0.25) is 5.91 Å². The van der Waals surface area contributed by atoms with E-state index in [1.54, 1.807) is 6.07 Å². The zero-order valence-electron chi connectivity index (χ0n) is 21.1. The van der Waals surface area contributed by atoms with Crippen LogP contribution in [-0.4, -0.2) is 69.3 Å². The lowest BCUT2D eigenvalue weighted by atomic mass is 9.48. The lowest BCUT2D eigenvalue weighted by molar-refractivity contribution is -0.200. The summed E-state index contributed by atoms with van der Waals surface area (Å²) in [6.07, 6.45) is 7.93. The highest BCUT2D eigenvalue weighted by Gasteiger charge is 2.73. The van der Waals surface area contributed by atoms with Crippen LogP contribution in [-0.2, 0) is 16.6 Å². The van der Waals surface area contributed by atoms with E-state index >= 15 is 0 Å². The number of nitrogens with zero attached hydrogens (tertiary/aromatic N) is 2. The largest absolute Gasteiger partial charge is 0.504 e. The number of amides is 1. The summed E-state index contributed by atoms with van der Waals surface area (Å²) in [6, 6.07) is 13.8. The van der Waals surface area contributed by atoms with Gasteiger partial charge in [0.05, 0.1) is 17.1 Å². The third-order valence-electron chi connectivity index (χ3n) is 10.4. The summed E-state index contributed by atoms with van der Waals surface area (Å²) in [6.45, 7) is 2.66. The molecule has 3 heterocycles. The predicted octanol–water partition coefficient (Wildman–Crippen LogP) is 3.64. The smallest absolute Gasteiger partial charge is 0.250 e. The number of hydrogen-bond donors (Lipinski definition) is 2. The maximum absolute atomic E-state index is 13.7. The zero-order chi connectivity index (χ0) is 24.9. The Morgan fingerprint density at radius 3 is 2.70 bits per heavy atom. The number of aliphatic hydroxyl groups is 1. The highest BCUT2D eigenvalue weighted by molar-refractivity contribution is 6.00. The van der Waals surface area contributed by atoms with Gasteiger partial charge in [0.1, 0.15) is 6.10 Å². The first kappa shape index (κ1) is 22.2. The van der Waals surface area contributed by atoms with Crippen LogP contribution in [0.15, 0.2) is 48.0 Å². The van der Waals surface area contributed by atoms with E-state index in [0.29, 0.717) is 25.1 Å². The van der Waals surface area contributed by atoms with E-state index in [4.69, 9.17) is 4.74 Å². The number of phenols is 1. The van der Waals surface area contributed by atoms with Gasteiger partial charge in [0.25, 0.3) is 0 Å². The van der Waals surface area contributed by atoms with Crippen molar-refractivity contribution in [2.24, 2.45) is 5.92 Å². The topological polar surface area (TPSA) is 73.2 Å². The van der Waals surface area contributed by atoms with Crippen LogP contribution in [0.2, 0.25) is 0 Å². The summed E-state index contributed by atoms with van der Waals surface area (Å²) in [4.78, 5) is 18.3. The molecule has 3 aliphatic carbocycles. The van der Waals surface area contributed by atoms with E-state index in [9.17, 15) is 15.0 Å². The molecule has 2 saturated heterocycles. The molecule has 1 amide bonds. The molecule has 6 aliphatic rings. The summed E-state index contributed by atoms with van der Waals surface area (Å²) < 4.78 is 6.69. The van der Waals surface area contributed by atoms with Crippen LogP contribution in [0.5, 0.6) is 11.5 Å². The summed E-state index contributed by atoms with van der Waals surface area (Å²) in [5.41, 5.74) is 2.60. The molecule has 0 radical (unpaired) electrons. The molecule has 2 saturated carbocycles. The minimum absolute atomic E-state index is 0.0553. The van der Waals surface area contributed by atoms with Crippen molar-refractivity contribution in [3.05, 3.63) is 64.7 Å². The molecule has 2 aromatic carbocycles. The molecule has 6 heteroatoms. The fourth-order valence-corrected chi connectivity index (χ4v) is 8.61. The summed E-state index contributed by atoms with van der Waals surface area (Å²) in [7, 11) is 0. The molecule has 2 N–H and O–H groups in total. The number of carbonyl (C=O) groups excluding carboxylic acids is 1. The standard InChI is InChI=1S/C31H34N2O4/c34-24-9-8-21-17-25-31(36)12-10-23(33-14-11-22(29(33)35)16-19-4-2-1-3-5-19)28-30(31,26(21)27(24)37-28)13-15-32(25)18-20-6-7-20/h1-5,8-9,16,20,23,25,28,34,36H,6-7,10-15,17-18H2/t23?,25-,28?,30+,31-/m1/s1. The Hall–Kier alpha value is -2.83. The van der Waals surface area contributed by atoms with E-state index in [-0.39, 0.29) is 29.8 Å². The molecule has 8 rings (SSSR count). The van der Waals surface area contributed by atoms with Crippen molar-refractivity contribution < 1.29 is 19.7 Å². The molecule has 5 atom stereocenters. The first-order chi connectivity index (χ1) is 18.0. The highest BCUT2D eigenvalue weighted by atomic mass is 16.5. The Balaban J connectivity index is 1.19. The number of aromatic hydroxyl groups is 1. The van der Waals surface area contributed by atoms with Gasteiger partial charge in [-0.15, -0.1) is 0 Å². The van der Waals surface area contributed by atoms with Gasteiger partial charge >= 0.3 is 0 Å². The van der Waals surface area contributed by atoms with Crippen LogP contribution in [0.25, 0.3) is 6.08 Å². The normalized spacial score (nSPS) is 37.1. The maximum Gasteiger partial charge on any atom is 0.250 e. The number of ether oxygens (including phenoxy) is 1. The van der Waals surface area contributed by atoms with Crippen LogP contribution in [0.4, 0.5) is 0 Å². The van der Waals surface area contributed by atoms with E-state index in [1.165, 1.54) is 18.4 Å². The van der Waals surface area contributed by atoms with Gasteiger partial charge < -0.3 is 19.8 Å². The molecule has 1 spiro atoms. The molecule has 2 aromatic rings. The van der Waals surface area contributed by atoms with Gasteiger partial charge in [0.15, 0.2) is 11.5 Å². The molecule has 192 valence electrons. The molecular formula is C31H34N2O4. The van der Waals surface area contributed by atoms with Crippen LogP contribution in [0, 0.1) is 5.92 Å². The second-order valence-corrected chi connectivity index (χ2v) is 12.2. The quantitative estimate of drug-likeness (QED) is 0.630. The lowest BCUT2D eigenvalue weighted by Gasteiger charge is -2.64. The second kappa shape index (κ2) is 7.61. The first-order valence-electron chi connectivity index (χ1n) is 14.0. The van der Waals surface area contributed by atoms with E-state index in [0.717, 1.165) is 55.0 Å². The van der Waals surface area contributed by atoms with Crippen molar-refractivity contribution in [2.75, 3.05) is 19.6 Å². The average Bonchev–Trinajstić information content (AvgIpc) is 3.55. The van der Waals surface area contributed by atoms with E-state index in [1.807, 2.05) is 47.4 Å². The lowest BCUT2D eigenvalue weighted by Crippen LogP contribution is -2.78. The third kappa shape index (κ3) is 2.91. The number of piperidine rings is 1. The number of hydrogen-bond acceptors (Lipinski definition) is 5. The van der Waals surface area contributed by atoms with E-state index in [2.05, 4.69) is 4.90 Å². The number of rotatable bonds is 4. The van der Waals surface area contributed by atoms with Gasteiger partial charge in [-0.25, -0.2) is 0 Å². The summed E-state index contributed by atoms with van der Waals surface area (Å²) >= 11 is 0. The van der Waals surface area contributed by atoms with Crippen LogP contribution < -0.4 is 4.74 Å². The van der Waals surface area contributed by atoms with Gasteiger partial charge in [-0.05, 0) is 80.7 Å². The van der Waals surface area contributed by atoms with Gasteiger partial charge in [-0.1, -0.05) is 36.4 Å². The van der Waals surface area contributed by atoms with Gasteiger partial charge in [-0.3, -0.25) is 9.69 Å². The number of likely N-dealkylation sites (tertiary alicyclic amines) is 2. The van der Waals surface area contributed by atoms with Crippen molar-refractivity contribution in [1.29, 1.82) is 0 Å². The number of carbonyl (C=O) groups is 1. The molecule has 0 aromatic heterocycles.